The van der Waals surface area contributed by atoms with Gasteiger partial charge in [-0.1, -0.05) is 6.07 Å². The molecule has 3 aromatic rings. The summed E-state index contributed by atoms with van der Waals surface area (Å²) >= 11 is 0. The molecule has 40 heavy (non-hydrogen) atoms. The lowest BCUT2D eigenvalue weighted by atomic mass is 9.63. The van der Waals surface area contributed by atoms with Crippen LogP contribution in [-0.4, -0.2) is 74.2 Å². The summed E-state index contributed by atoms with van der Waals surface area (Å²) in [7, 11) is 0. The van der Waals surface area contributed by atoms with Crippen LogP contribution in [0.5, 0.6) is 0 Å². The molecule has 4 heterocycles. The van der Waals surface area contributed by atoms with E-state index in [4.69, 9.17) is 15.6 Å². The molecule has 2 aromatic heterocycles. The van der Waals surface area contributed by atoms with Crippen LogP contribution in [0.2, 0.25) is 0 Å². The predicted molar refractivity (Wildman–Crippen MR) is 154 cm³/mol. The maximum Gasteiger partial charge on any atom is 0.255 e. The van der Waals surface area contributed by atoms with E-state index in [1.165, 1.54) is 0 Å². The fraction of sp³-hybridized carbons (Fsp3) is 0.581. The van der Waals surface area contributed by atoms with Crippen LogP contribution in [0.3, 0.4) is 0 Å². The number of amides is 1. The predicted octanol–water partition coefficient (Wildman–Crippen LogP) is 4.06. The van der Waals surface area contributed by atoms with Gasteiger partial charge in [-0.3, -0.25) is 9.48 Å². The molecule has 3 saturated carbocycles. The summed E-state index contributed by atoms with van der Waals surface area (Å²) < 4.78 is 7.70. The van der Waals surface area contributed by atoms with Crippen molar-refractivity contribution in [1.29, 1.82) is 0 Å². The summed E-state index contributed by atoms with van der Waals surface area (Å²) in [4.78, 5) is 20.4. The van der Waals surface area contributed by atoms with E-state index in [2.05, 4.69) is 38.2 Å². The second kappa shape index (κ2) is 10.1. The molecule has 0 unspecified atom stereocenters. The number of carbonyl (C=O) groups is 1. The lowest BCUT2D eigenvalue weighted by Crippen LogP contribution is -2.58. The number of pyridine rings is 1. The number of aliphatic hydroxyl groups is 1. The lowest BCUT2D eigenvalue weighted by Gasteiger charge is -2.51. The number of piperidine rings is 1. The number of nitrogen functional groups attached to an aromatic ring is 1. The number of rotatable bonds is 5. The second-order valence-electron chi connectivity index (χ2n) is 12.6. The highest BCUT2D eigenvalue weighted by atomic mass is 16.5. The molecular weight excluding hydrogens is 504 g/mol. The summed E-state index contributed by atoms with van der Waals surface area (Å²) in [5, 5.41) is 19.8. The fourth-order valence-electron chi connectivity index (χ4n) is 7.45. The largest absolute Gasteiger partial charge is 0.390 e. The van der Waals surface area contributed by atoms with Crippen molar-refractivity contribution < 1.29 is 14.6 Å². The fourth-order valence-corrected chi connectivity index (χ4v) is 7.45. The van der Waals surface area contributed by atoms with Gasteiger partial charge in [0.25, 0.3) is 5.91 Å². The highest BCUT2D eigenvalue weighted by Crippen LogP contribution is 2.47. The molecule has 1 amide bonds. The molecule has 3 aliphatic carbocycles. The number of benzene rings is 1. The van der Waals surface area contributed by atoms with Crippen LogP contribution in [0, 0.1) is 0 Å². The van der Waals surface area contributed by atoms with E-state index in [9.17, 15) is 9.90 Å². The number of hydrogen-bond acceptors (Lipinski definition) is 7. The highest BCUT2D eigenvalue weighted by molar-refractivity contribution is 6.00. The topological polar surface area (TPSA) is 119 Å². The zero-order valence-corrected chi connectivity index (χ0v) is 23.1. The second-order valence-corrected chi connectivity index (χ2v) is 12.6. The van der Waals surface area contributed by atoms with Gasteiger partial charge in [-0.15, -0.1) is 0 Å². The first-order valence-corrected chi connectivity index (χ1v) is 15.0. The quantitative estimate of drug-likeness (QED) is 0.443. The standard InChI is InChI=1S/C31H40N6O3/c32-28-26(29(38)34-30-7-10-31(39,11-8-30)12-9-30)18-22(19-33-28)21-1-2-27-23(17-21)20-37(35-27)25-3-13-36(14-4-25)24-5-15-40-16-6-24/h1-2,17-20,24-25,39H,3-16H2,(H2,32,33)(H,34,38). The molecule has 8 rings (SSSR count). The Hall–Kier alpha value is -3.01. The molecule has 4 N–H and O–H groups in total. The van der Waals surface area contributed by atoms with Crippen molar-refractivity contribution in [3.63, 3.8) is 0 Å². The average Bonchev–Trinajstić information content (AvgIpc) is 3.42. The van der Waals surface area contributed by atoms with Crippen LogP contribution in [0.1, 0.15) is 80.6 Å². The Morgan fingerprint density at radius 1 is 0.975 bits per heavy atom. The third-order valence-corrected chi connectivity index (χ3v) is 10.2. The normalized spacial score (nSPS) is 28.2. The SMILES string of the molecule is Nc1ncc(-c2ccc3nn(C4CCN(C5CCOCC5)CC4)cc3c2)cc1C(=O)NC12CCC(O)(CC1)CC2. The Balaban J connectivity index is 1.06. The highest BCUT2D eigenvalue weighted by Gasteiger charge is 2.48. The summed E-state index contributed by atoms with van der Waals surface area (Å²) in [5.41, 5.74) is 8.63. The zero-order valence-electron chi connectivity index (χ0n) is 23.1. The number of ether oxygens (including phenoxy) is 1. The van der Waals surface area contributed by atoms with Crippen molar-refractivity contribution in [2.24, 2.45) is 0 Å². The Morgan fingerprint density at radius 3 is 2.42 bits per heavy atom. The number of nitrogens with one attached hydrogen (secondary N) is 1. The van der Waals surface area contributed by atoms with E-state index in [-0.39, 0.29) is 17.3 Å². The molecule has 2 saturated heterocycles. The number of anilines is 1. The number of likely N-dealkylation sites (tertiary alicyclic amines) is 1. The number of hydrogen-bond donors (Lipinski definition) is 3. The molecule has 2 aliphatic heterocycles. The third kappa shape index (κ3) is 4.88. The lowest BCUT2D eigenvalue weighted by molar-refractivity contribution is -0.0702. The van der Waals surface area contributed by atoms with E-state index in [1.807, 2.05) is 12.1 Å². The van der Waals surface area contributed by atoms with Gasteiger partial charge in [-0.2, -0.15) is 5.10 Å². The number of nitrogens with zero attached hydrogens (tertiary/aromatic N) is 4. The molecule has 1 aromatic carbocycles. The zero-order chi connectivity index (χ0) is 27.3. The summed E-state index contributed by atoms with van der Waals surface area (Å²) in [5.74, 6) is 0.0574. The number of fused-ring (bicyclic) bond motifs is 4. The van der Waals surface area contributed by atoms with Crippen molar-refractivity contribution >= 4 is 22.6 Å². The van der Waals surface area contributed by atoms with Crippen LogP contribution >= 0.6 is 0 Å². The van der Waals surface area contributed by atoms with E-state index in [0.29, 0.717) is 17.6 Å². The van der Waals surface area contributed by atoms with Crippen molar-refractivity contribution in [3.8, 4) is 11.1 Å². The van der Waals surface area contributed by atoms with Gasteiger partial charge in [0.2, 0.25) is 0 Å². The van der Waals surface area contributed by atoms with Crippen LogP contribution in [0.25, 0.3) is 22.0 Å². The van der Waals surface area contributed by atoms with Gasteiger partial charge < -0.3 is 25.8 Å². The van der Waals surface area contributed by atoms with Crippen molar-refractivity contribution in [3.05, 3.63) is 42.2 Å². The molecule has 5 fully saturated rings. The Labute approximate surface area is 235 Å². The first kappa shape index (κ1) is 25.9. The van der Waals surface area contributed by atoms with Crippen LogP contribution < -0.4 is 11.1 Å². The molecule has 5 aliphatic rings. The minimum atomic E-state index is -0.540. The first-order chi connectivity index (χ1) is 19.4. The van der Waals surface area contributed by atoms with Gasteiger partial charge in [0.15, 0.2) is 0 Å². The summed E-state index contributed by atoms with van der Waals surface area (Å²) in [6, 6.07) is 9.17. The molecule has 9 nitrogen and oxygen atoms in total. The molecule has 212 valence electrons. The minimum absolute atomic E-state index is 0.180. The van der Waals surface area contributed by atoms with Crippen LogP contribution in [0.4, 0.5) is 5.82 Å². The van der Waals surface area contributed by atoms with Gasteiger partial charge >= 0.3 is 0 Å². The van der Waals surface area contributed by atoms with Gasteiger partial charge in [0, 0.05) is 61.2 Å². The summed E-state index contributed by atoms with van der Waals surface area (Å²) in [6.07, 6.45) is 13.0. The summed E-state index contributed by atoms with van der Waals surface area (Å²) in [6.45, 7) is 4.00. The number of carbonyl (C=O) groups excluding carboxylic acids is 1. The maximum absolute atomic E-state index is 13.4. The van der Waals surface area contributed by atoms with Crippen molar-refractivity contribution in [2.45, 2.75) is 87.4 Å². The van der Waals surface area contributed by atoms with E-state index < -0.39 is 5.60 Å². The molecule has 2 bridgehead atoms. The molecule has 9 heteroatoms. The number of nitrogens with two attached hydrogens (primary N) is 1. The van der Waals surface area contributed by atoms with Gasteiger partial charge in [0.1, 0.15) is 5.82 Å². The van der Waals surface area contributed by atoms with E-state index in [1.54, 1.807) is 6.20 Å². The molecule has 0 radical (unpaired) electrons. The Kier molecular flexibility index (Phi) is 6.56. The molecule has 0 atom stereocenters. The third-order valence-electron chi connectivity index (χ3n) is 10.2. The first-order valence-electron chi connectivity index (χ1n) is 15.0. The van der Waals surface area contributed by atoms with Gasteiger partial charge in [0.05, 0.1) is 22.7 Å². The van der Waals surface area contributed by atoms with E-state index >= 15 is 0 Å². The monoisotopic (exact) mass is 544 g/mol. The Morgan fingerprint density at radius 2 is 1.70 bits per heavy atom. The average molecular weight is 545 g/mol. The van der Waals surface area contributed by atoms with Crippen LogP contribution in [0.15, 0.2) is 36.7 Å². The van der Waals surface area contributed by atoms with Crippen LogP contribution in [-0.2, 0) is 4.74 Å². The maximum atomic E-state index is 13.4. The number of aromatic nitrogens is 3. The smallest absolute Gasteiger partial charge is 0.255 e. The van der Waals surface area contributed by atoms with E-state index in [0.717, 1.165) is 113 Å². The Bertz CT molecular complexity index is 1380. The minimum Gasteiger partial charge on any atom is -0.390 e. The van der Waals surface area contributed by atoms with Crippen molar-refractivity contribution in [1.82, 2.24) is 25.0 Å². The van der Waals surface area contributed by atoms with Gasteiger partial charge in [-0.05, 0) is 88.0 Å². The molecular formula is C31H40N6O3. The molecule has 0 spiro atoms. The van der Waals surface area contributed by atoms with Gasteiger partial charge in [-0.25, -0.2) is 4.98 Å². The van der Waals surface area contributed by atoms with Crippen molar-refractivity contribution in [2.75, 3.05) is 32.0 Å².